The first-order valence-corrected chi connectivity index (χ1v) is 7.70. The van der Waals surface area contributed by atoms with E-state index in [-0.39, 0.29) is 5.54 Å². The first-order chi connectivity index (χ1) is 7.73. The number of aliphatic imine (C=N–C) groups is 1. The number of thioether (sulfide) groups is 1. The van der Waals surface area contributed by atoms with Gasteiger partial charge >= 0.3 is 0 Å². The van der Waals surface area contributed by atoms with Crippen LogP contribution in [0.1, 0.15) is 54.4 Å². The Morgan fingerprint density at radius 1 is 1.24 bits per heavy atom. The van der Waals surface area contributed by atoms with Gasteiger partial charge in [0.15, 0.2) is 5.17 Å². The second kappa shape index (κ2) is 3.91. The molecule has 0 radical (unpaired) electrons. The molecular weight excluding hydrogens is 228 g/mol. The molecule has 1 saturated carbocycles. The number of rotatable bonds is 2. The molecule has 2 fully saturated rings. The highest BCUT2D eigenvalue weighted by atomic mass is 32.2. The largest absolute Gasteiger partial charge is 0.360 e. The number of hydrogen-bond donors (Lipinski definition) is 1. The second-order valence-electron chi connectivity index (χ2n) is 6.92. The summed E-state index contributed by atoms with van der Waals surface area (Å²) >= 11 is 1.89. The third-order valence-corrected chi connectivity index (χ3v) is 6.16. The molecule has 1 heterocycles. The minimum atomic E-state index is 0.257. The number of amidine groups is 1. The van der Waals surface area contributed by atoms with Gasteiger partial charge in [-0.25, -0.2) is 0 Å². The molecule has 1 saturated heterocycles. The van der Waals surface area contributed by atoms with Crippen molar-refractivity contribution in [3.63, 3.8) is 0 Å². The molecule has 2 nitrogen and oxygen atoms in total. The lowest BCUT2D eigenvalue weighted by Crippen LogP contribution is -2.48. The predicted octanol–water partition coefficient (Wildman–Crippen LogP) is 3.67. The van der Waals surface area contributed by atoms with Crippen molar-refractivity contribution in [2.75, 3.05) is 5.75 Å². The zero-order chi connectivity index (χ0) is 12.9. The average molecular weight is 254 g/mol. The summed E-state index contributed by atoms with van der Waals surface area (Å²) < 4.78 is 0. The summed E-state index contributed by atoms with van der Waals surface area (Å²) in [4.78, 5) is 4.96. The minimum Gasteiger partial charge on any atom is -0.360 e. The van der Waals surface area contributed by atoms with Crippen molar-refractivity contribution in [3.8, 4) is 0 Å². The third kappa shape index (κ3) is 2.11. The highest BCUT2D eigenvalue weighted by Gasteiger charge is 2.65. The van der Waals surface area contributed by atoms with Crippen LogP contribution < -0.4 is 5.32 Å². The topological polar surface area (TPSA) is 24.4 Å². The van der Waals surface area contributed by atoms with Gasteiger partial charge in [-0.2, -0.15) is 0 Å². The van der Waals surface area contributed by atoms with Crippen LogP contribution in [0.2, 0.25) is 0 Å². The second-order valence-corrected chi connectivity index (χ2v) is 8.00. The Labute approximate surface area is 110 Å². The van der Waals surface area contributed by atoms with Gasteiger partial charge in [-0.05, 0) is 30.6 Å². The number of nitrogens with zero attached hydrogens (tertiary/aromatic N) is 1. The van der Waals surface area contributed by atoms with Crippen molar-refractivity contribution < 1.29 is 0 Å². The van der Waals surface area contributed by atoms with E-state index in [9.17, 15) is 0 Å². The van der Waals surface area contributed by atoms with Crippen LogP contribution in [0.25, 0.3) is 0 Å². The molecule has 0 aromatic carbocycles. The molecule has 1 aliphatic carbocycles. The van der Waals surface area contributed by atoms with E-state index in [1.807, 2.05) is 11.8 Å². The van der Waals surface area contributed by atoms with Gasteiger partial charge in [-0.1, -0.05) is 46.4 Å². The van der Waals surface area contributed by atoms with Gasteiger partial charge in [0, 0.05) is 11.3 Å². The first kappa shape index (κ1) is 13.3. The fourth-order valence-electron chi connectivity index (χ4n) is 2.67. The van der Waals surface area contributed by atoms with Gasteiger partial charge in [-0.3, -0.25) is 4.99 Å². The standard InChI is InChI=1S/C14H26N2S/c1-7-14(6)8-9-17-11(16-14)15-10-12(2,3)13(10,4)5/h10H,7-9H2,1-6H3,(H,15,16). The smallest absolute Gasteiger partial charge is 0.157 e. The molecule has 0 amide bonds. The summed E-state index contributed by atoms with van der Waals surface area (Å²) in [6, 6.07) is 0.476. The third-order valence-electron chi connectivity index (χ3n) is 5.27. The summed E-state index contributed by atoms with van der Waals surface area (Å²) in [6.07, 6.45) is 2.41. The van der Waals surface area contributed by atoms with Crippen LogP contribution in [-0.4, -0.2) is 22.5 Å². The molecule has 1 N–H and O–H groups in total. The average Bonchev–Trinajstić information content (AvgIpc) is 2.61. The summed E-state index contributed by atoms with van der Waals surface area (Å²) in [5, 5.41) is 4.81. The summed E-state index contributed by atoms with van der Waals surface area (Å²) in [5.74, 6) is 1.20. The van der Waals surface area contributed by atoms with Crippen LogP contribution in [-0.2, 0) is 0 Å². The summed E-state index contributed by atoms with van der Waals surface area (Å²) in [6.45, 7) is 13.9. The van der Waals surface area contributed by atoms with Gasteiger partial charge < -0.3 is 5.32 Å². The zero-order valence-corrected chi connectivity index (χ0v) is 12.9. The highest BCUT2D eigenvalue weighted by molar-refractivity contribution is 8.13. The van der Waals surface area contributed by atoms with Crippen molar-refractivity contribution >= 4 is 16.9 Å². The predicted molar refractivity (Wildman–Crippen MR) is 77.7 cm³/mol. The Morgan fingerprint density at radius 2 is 1.82 bits per heavy atom. The normalized spacial score (nSPS) is 37.9. The van der Waals surface area contributed by atoms with E-state index in [1.165, 1.54) is 23.8 Å². The Balaban J connectivity index is 2.09. The minimum absolute atomic E-state index is 0.257. The van der Waals surface area contributed by atoms with Crippen molar-refractivity contribution in [1.29, 1.82) is 0 Å². The van der Waals surface area contributed by atoms with Gasteiger partial charge in [0.1, 0.15) is 0 Å². The molecule has 1 atom stereocenters. The highest BCUT2D eigenvalue weighted by Crippen LogP contribution is 2.64. The molecule has 1 unspecified atom stereocenters. The van der Waals surface area contributed by atoms with E-state index in [4.69, 9.17) is 4.99 Å². The van der Waals surface area contributed by atoms with Crippen LogP contribution in [0, 0.1) is 10.8 Å². The number of hydrogen-bond acceptors (Lipinski definition) is 2. The molecule has 0 spiro atoms. The quantitative estimate of drug-likeness (QED) is 0.813. The Kier molecular flexibility index (Phi) is 3.05. The summed E-state index contributed by atoms with van der Waals surface area (Å²) in [5.41, 5.74) is 0.956. The van der Waals surface area contributed by atoms with Crippen molar-refractivity contribution in [2.24, 2.45) is 15.8 Å². The van der Waals surface area contributed by atoms with Gasteiger partial charge in [-0.15, -0.1) is 0 Å². The van der Waals surface area contributed by atoms with E-state index < -0.39 is 0 Å². The van der Waals surface area contributed by atoms with Crippen LogP contribution in [0.4, 0.5) is 0 Å². The first-order valence-electron chi connectivity index (χ1n) is 6.72. The van der Waals surface area contributed by atoms with Crippen molar-refractivity contribution in [2.45, 2.75) is 66.0 Å². The van der Waals surface area contributed by atoms with Crippen molar-refractivity contribution in [1.82, 2.24) is 5.32 Å². The molecule has 0 aromatic heterocycles. The fraction of sp³-hybridized carbons (Fsp3) is 0.929. The molecule has 98 valence electrons. The lowest BCUT2D eigenvalue weighted by Gasteiger charge is -2.35. The maximum atomic E-state index is 4.96. The van der Waals surface area contributed by atoms with Crippen LogP contribution >= 0.6 is 11.8 Å². The molecule has 1 aliphatic heterocycles. The molecule has 3 heteroatoms. The maximum Gasteiger partial charge on any atom is 0.157 e. The Hall–Kier alpha value is -0.180. The molecule has 17 heavy (non-hydrogen) atoms. The lowest BCUT2D eigenvalue weighted by molar-refractivity contribution is 0.389. The Bertz CT molecular complexity index is 332. The van der Waals surface area contributed by atoms with Crippen molar-refractivity contribution in [3.05, 3.63) is 0 Å². The van der Waals surface area contributed by atoms with E-state index >= 15 is 0 Å². The lowest BCUT2D eigenvalue weighted by atomic mass is 9.96. The molecule has 2 aliphatic rings. The molecule has 2 rings (SSSR count). The molecule has 0 bridgehead atoms. The Morgan fingerprint density at radius 3 is 2.29 bits per heavy atom. The maximum absolute atomic E-state index is 4.96. The SMILES string of the molecule is CCC1(C)CCSC(=NC2C(C)(C)C2(C)C)N1. The fourth-order valence-corrected chi connectivity index (χ4v) is 3.91. The van der Waals surface area contributed by atoms with Crippen LogP contribution in [0.3, 0.4) is 0 Å². The van der Waals surface area contributed by atoms with Crippen LogP contribution in [0.5, 0.6) is 0 Å². The van der Waals surface area contributed by atoms with Crippen LogP contribution in [0.15, 0.2) is 4.99 Å². The monoisotopic (exact) mass is 254 g/mol. The van der Waals surface area contributed by atoms with E-state index in [0.717, 1.165) is 0 Å². The zero-order valence-electron chi connectivity index (χ0n) is 12.1. The molecule has 0 aromatic rings. The number of nitrogens with one attached hydrogen (secondary N) is 1. The van der Waals surface area contributed by atoms with Gasteiger partial charge in [0.25, 0.3) is 0 Å². The van der Waals surface area contributed by atoms with E-state index in [0.29, 0.717) is 16.9 Å². The van der Waals surface area contributed by atoms with E-state index in [1.54, 1.807) is 0 Å². The van der Waals surface area contributed by atoms with E-state index in [2.05, 4.69) is 46.9 Å². The molecular formula is C14H26N2S. The van der Waals surface area contributed by atoms with Gasteiger partial charge in [0.2, 0.25) is 0 Å². The van der Waals surface area contributed by atoms with Gasteiger partial charge in [0.05, 0.1) is 6.04 Å². The summed E-state index contributed by atoms with van der Waals surface area (Å²) in [7, 11) is 0.